The van der Waals surface area contributed by atoms with Gasteiger partial charge in [-0.3, -0.25) is 14.6 Å². The number of amides is 1. The molecular weight excluding hydrogens is 394 g/mol. The third-order valence-electron chi connectivity index (χ3n) is 4.69. The number of anilines is 1. The van der Waals surface area contributed by atoms with Crippen molar-refractivity contribution in [3.8, 4) is 17.2 Å². The topological polar surface area (TPSA) is 130 Å². The van der Waals surface area contributed by atoms with Crippen molar-refractivity contribution in [2.24, 2.45) is 0 Å². The van der Waals surface area contributed by atoms with Crippen molar-refractivity contribution in [2.75, 3.05) is 52.4 Å². The predicted octanol–water partition coefficient (Wildman–Crippen LogP) is -0.154. The molecule has 30 heavy (non-hydrogen) atoms. The summed E-state index contributed by atoms with van der Waals surface area (Å²) in [6.45, 7) is 1.68. The van der Waals surface area contributed by atoms with Crippen LogP contribution in [0.3, 0.4) is 0 Å². The number of aromatic nitrogens is 3. The van der Waals surface area contributed by atoms with Crippen LogP contribution < -0.4 is 30.4 Å². The first-order valence-corrected chi connectivity index (χ1v) is 9.17. The van der Waals surface area contributed by atoms with Crippen molar-refractivity contribution in [2.45, 2.75) is 0 Å². The van der Waals surface area contributed by atoms with Crippen LogP contribution in [0.5, 0.6) is 17.2 Å². The largest absolute Gasteiger partial charge is 0.493 e. The number of rotatable bonds is 6. The van der Waals surface area contributed by atoms with Gasteiger partial charge >= 0.3 is 5.69 Å². The lowest BCUT2D eigenvalue weighted by molar-refractivity contribution is -0.126. The van der Waals surface area contributed by atoms with Crippen LogP contribution in [-0.2, 0) is 4.79 Å². The van der Waals surface area contributed by atoms with Crippen LogP contribution in [0, 0.1) is 0 Å². The number of carbonyl (C=O) groups is 1. The summed E-state index contributed by atoms with van der Waals surface area (Å²) in [7, 11) is 4.57. The highest BCUT2D eigenvalue weighted by atomic mass is 16.5. The number of aromatic amines is 2. The monoisotopic (exact) mass is 417 g/mol. The minimum absolute atomic E-state index is 0.134. The first-order valence-electron chi connectivity index (χ1n) is 9.17. The summed E-state index contributed by atoms with van der Waals surface area (Å²) in [6.07, 6.45) is 3.15. The van der Waals surface area contributed by atoms with Crippen LogP contribution in [0.25, 0.3) is 6.08 Å². The smallest absolute Gasteiger partial charge is 0.342 e. The van der Waals surface area contributed by atoms with Crippen LogP contribution in [0.1, 0.15) is 5.56 Å². The molecule has 1 amide bonds. The molecule has 11 nitrogen and oxygen atoms in total. The standard InChI is InChI=1S/C19H23N5O6/c1-28-13-10-12(11-14(29-2)16(13)30-3)4-5-15(25)23-6-8-24(9-7-23)17-18(26)20-19(27)22-21-17/h4-5,10-11H,6-9H2,1-3H3,(H2,20,22,26,27)/b5-4+. The highest BCUT2D eigenvalue weighted by molar-refractivity contribution is 5.92. The number of nitrogens with one attached hydrogen (secondary N) is 2. The number of H-pyrrole nitrogens is 2. The van der Waals surface area contributed by atoms with Gasteiger partial charge in [0.25, 0.3) is 5.56 Å². The Bertz CT molecular complexity index is 1030. The summed E-state index contributed by atoms with van der Waals surface area (Å²) in [6, 6.07) is 3.49. The Kier molecular flexibility index (Phi) is 6.40. The first-order chi connectivity index (χ1) is 14.5. The average molecular weight is 417 g/mol. The molecule has 1 fully saturated rings. The van der Waals surface area contributed by atoms with E-state index < -0.39 is 11.2 Å². The molecule has 1 aromatic heterocycles. The van der Waals surface area contributed by atoms with E-state index in [0.29, 0.717) is 43.4 Å². The van der Waals surface area contributed by atoms with Crippen LogP contribution in [0.4, 0.5) is 5.82 Å². The van der Waals surface area contributed by atoms with Crippen molar-refractivity contribution in [3.63, 3.8) is 0 Å². The third kappa shape index (κ3) is 4.45. The molecule has 0 atom stereocenters. The van der Waals surface area contributed by atoms with Crippen molar-refractivity contribution in [1.29, 1.82) is 0 Å². The van der Waals surface area contributed by atoms with Crippen molar-refractivity contribution in [3.05, 3.63) is 44.6 Å². The molecule has 3 rings (SSSR count). The Hall–Kier alpha value is -3.76. The summed E-state index contributed by atoms with van der Waals surface area (Å²) in [4.78, 5) is 41.1. The van der Waals surface area contributed by atoms with E-state index in [-0.39, 0.29) is 11.7 Å². The van der Waals surface area contributed by atoms with Gasteiger partial charge in [0, 0.05) is 32.3 Å². The Balaban J connectivity index is 1.67. The number of ether oxygens (including phenoxy) is 3. The second-order valence-electron chi connectivity index (χ2n) is 6.43. The van der Waals surface area contributed by atoms with Crippen LogP contribution in [0.15, 0.2) is 27.8 Å². The SMILES string of the molecule is COc1cc(/C=C/C(=O)N2CCN(c3n[nH]c(=O)[nH]c3=O)CC2)cc(OC)c1OC. The maximum absolute atomic E-state index is 12.6. The molecule has 0 aliphatic carbocycles. The fourth-order valence-electron chi connectivity index (χ4n) is 3.16. The molecule has 1 aromatic carbocycles. The second-order valence-corrected chi connectivity index (χ2v) is 6.43. The quantitative estimate of drug-likeness (QED) is 0.621. The summed E-state index contributed by atoms with van der Waals surface area (Å²) >= 11 is 0. The Labute approximate surface area is 171 Å². The maximum atomic E-state index is 12.6. The molecule has 0 unspecified atom stereocenters. The Morgan fingerprint density at radius 1 is 1.03 bits per heavy atom. The average Bonchev–Trinajstić information content (AvgIpc) is 2.76. The number of piperazine rings is 1. The predicted molar refractivity (Wildman–Crippen MR) is 109 cm³/mol. The summed E-state index contributed by atoms with van der Waals surface area (Å²) in [5.41, 5.74) is -0.490. The van der Waals surface area contributed by atoms with E-state index >= 15 is 0 Å². The van der Waals surface area contributed by atoms with Gasteiger partial charge < -0.3 is 24.0 Å². The number of benzene rings is 1. The van der Waals surface area contributed by atoms with Gasteiger partial charge in [0.15, 0.2) is 11.5 Å². The maximum Gasteiger partial charge on any atom is 0.342 e. The molecule has 1 saturated heterocycles. The van der Waals surface area contributed by atoms with E-state index in [0.717, 1.165) is 5.56 Å². The molecule has 0 spiro atoms. The Morgan fingerprint density at radius 3 is 2.20 bits per heavy atom. The lowest BCUT2D eigenvalue weighted by Crippen LogP contribution is -2.50. The molecule has 2 N–H and O–H groups in total. The zero-order chi connectivity index (χ0) is 21.7. The van der Waals surface area contributed by atoms with E-state index in [1.165, 1.54) is 27.4 Å². The Morgan fingerprint density at radius 2 is 1.67 bits per heavy atom. The zero-order valence-corrected chi connectivity index (χ0v) is 16.9. The van der Waals surface area contributed by atoms with E-state index in [1.54, 1.807) is 28.0 Å². The first kappa shape index (κ1) is 21.0. The van der Waals surface area contributed by atoms with E-state index in [4.69, 9.17) is 14.2 Å². The van der Waals surface area contributed by atoms with Crippen molar-refractivity contribution in [1.82, 2.24) is 20.1 Å². The molecule has 1 aliphatic rings. The highest BCUT2D eigenvalue weighted by Crippen LogP contribution is 2.38. The molecule has 1 aliphatic heterocycles. The molecule has 0 radical (unpaired) electrons. The van der Waals surface area contributed by atoms with Gasteiger partial charge in [0.1, 0.15) is 0 Å². The summed E-state index contributed by atoms with van der Waals surface area (Å²) < 4.78 is 15.9. The molecule has 160 valence electrons. The lowest BCUT2D eigenvalue weighted by atomic mass is 10.1. The van der Waals surface area contributed by atoms with Crippen molar-refractivity contribution < 1.29 is 19.0 Å². The normalized spacial score (nSPS) is 14.1. The molecule has 11 heteroatoms. The second kappa shape index (κ2) is 9.16. The number of nitrogens with zero attached hydrogens (tertiary/aromatic N) is 3. The number of methoxy groups -OCH3 is 3. The lowest BCUT2D eigenvalue weighted by Gasteiger charge is -2.34. The van der Waals surface area contributed by atoms with Gasteiger partial charge in [-0.05, 0) is 23.8 Å². The van der Waals surface area contributed by atoms with Gasteiger partial charge in [-0.15, -0.1) is 5.10 Å². The zero-order valence-electron chi connectivity index (χ0n) is 16.9. The van der Waals surface area contributed by atoms with Crippen LogP contribution >= 0.6 is 0 Å². The minimum atomic E-state index is -0.658. The van der Waals surface area contributed by atoms with Gasteiger partial charge in [0.2, 0.25) is 17.5 Å². The molecule has 2 heterocycles. The minimum Gasteiger partial charge on any atom is -0.493 e. The fraction of sp³-hybridized carbons (Fsp3) is 0.368. The molecular formula is C19H23N5O6. The number of hydrogen-bond donors (Lipinski definition) is 2. The van der Waals surface area contributed by atoms with E-state index in [2.05, 4.69) is 15.2 Å². The van der Waals surface area contributed by atoms with Gasteiger partial charge in [-0.2, -0.15) is 0 Å². The summed E-state index contributed by atoms with van der Waals surface area (Å²) in [5.74, 6) is 1.44. The molecule has 0 bridgehead atoms. The van der Waals surface area contributed by atoms with E-state index in [9.17, 15) is 14.4 Å². The van der Waals surface area contributed by atoms with Crippen molar-refractivity contribution >= 4 is 17.8 Å². The van der Waals surface area contributed by atoms with Gasteiger partial charge in [-0.25, -0.2) is 9.89 Å². The van der Waals surface area contributed by atoms with Crippen LogP contribution in [0.2, 0.25) is 0 Å². The van der Waals surface area contributed by atoms with Crippen LogP contribution in [-0.4, -0.2) is 73.5 Å². The van der Waals surface area contributed by atoms with Gasteiger partial charge in [0.05, 0.1) is 21.3 Å². The van der Waals surface area contributed by atoms with E-state index in [1.807, 2.05) is 0 Å². The number of hydrogen-bond acceptors (Lipinski definition) is 8. The summed E-state index contributed by atoms with van der Waals surface area (Å²) in [5, 5.41) is 6.00. The van der Waals surface area contributed by atoms with Gasteiger partial charge in [-0.1, -0.05) is 0 Å². The third-order valence-corrected chi connectivity index (χ3v) is 4.69. The fourth-order valence-corrected chi connectivity index (χ4v) is 3.16. The molecule has 0 saturated carbocycles. The number of carbonyl (C=O) groups excluding carboxylic acids is 1. The highest BCUT2D eigenvalue weighted by Gasteiger charge is 2.22. The molecule has 2 aromatic rings.